The molecule has 0 spiro atoms. The number of hydrogen-bond donors (Lipinski definition) is 0. The van der Waals surface area contributed by atoms with Gasteiger partial charge in [0.15, 0.2) is 0 Å². The number of nitrogens with zero attached hydrogens (tertiary/aromatic N) is 2. The molecule has 26 heavy (non-hydrogen) atoms. The summed E-state index contributed by atoms with van der Waals surface area (Å²) in [6.07, 6.45) is 0. The SMILES string of the molecule is CC(C)N=NC(C)(c1ccccc1)S(=O)(=O)c1ccc(C(C)(C)C)cc1. The largest absolute Gasteiger partial charge is 0.221 e. The second kappa shape index (κ2) is 7.31. The fraction of sp³-hybridized carbons (Fsp3) is 0.429. The van der Waals surface area contributed by atoms with E-state index in [0.29, 0.717) is 5.56 Å². The van der Waals surface area contributed by atoms with E-state index in [2.05, 4.69) is 31.0 Å². The molecule has 2 aromatic rings. The van der Waals surface area contributed by atoms with Gasteiger partial charge in [-0.1, -0.05) is 63.2 Å². The second-order valence-electron chi connectivity index (χ2n) is 7.94. The summed E-state index contributed by atoms with van der Waals surface area (Å²) in [6, 6.07) is 16.0. The van der Waals surface area contributed by atoms with Crippen LogP contribution >= 0.6 is 0 Å². The lowest BCUT2D eigenvalue weighted by molar-refractivity contribution is 0.526. The van der Waals surface area contributed by atoms with Gasteiger partial charge in [0.1, 0.15) is 0 Å². The predicted molar refractivity (Wildman–Crippen MR) is 106 cm³/mol. The van der Waals surface area contributed by atoms with Gasteiger partial charge >= 0.3 is 0 Å². The average molecular weight is 373 g/mol. The van der Waals surface area contributed by atoms with Crippen molar-refractivity contribution in [2.24, 2.45) is 10.2 Å². The standard InChI is InChI=1S/C21H28N2O2S/c1-16(2)22-23-21(6,18-10-8-7-9-11-18)26(24,25)19-14-12-17(13-15-19)20(3,4)5/h7-16H,1-6H3. The van der Waals surface area contributed by atoms with E-state index in [1.807, 2.05) is 44.2 Å². The maximum absolute atomic E-state index is 13.5. The van der Waals surface area contributed by atoms with E-state index < -0.39 is 14.7 Å². The van der Waals surface area contributed by atoms with Crippen LogP contribution in [-0.2, 0) is 20.1 Å². The zero-order chi connectivity index (χ0) is 19.6. The van der Waals surface area contributed by atoms with E-state index >= 15 is 0 Å². The first-order valence-corrected chi connectivity index (χ1v) is 10.3. The van der Waals surface area contributed by atoms with Crippen LogP contribution in [0.1, 0.15) is 52.7 Å². The molecule has 2 rings (SSSR count). The summed E-state index contributed by atoms with van der Waals surface area (Å²) in [5.74, 6) is 0. The van der Waals surface area contributed by atoms with Crippen LogP contribution in [0.2, 0.25) is 0 Å². The summed E-state index contributed by atoms with van der Waals surface area (Å²) < 4.78 is 26.9. The Balaban J connectivity index is 2.60. The van der Waals surface area contributed by atoms with Crippen LogP contribution < -0.4 is 0 Å². The normalized spacial score (nSPS) is 15.3. The van der Waals surface area contributed by atoms with Crippen LogP contribution in [0.15, 0.2) is 69.7 Å². The molecule has 0 saturated heterocycles. The van der Waals surface area contributed by atoms with Crippen LogP contribution in [0, 0.1) is 0 Å². The van der Waals surface area contributed by atoms with Gasteiger partial charge < -0.3 is 0 Å². The van der Waals surface area contributed by atoms with Crippen LogP contribution in [0.5, 0.6) is 0 Å². The topological polar surface area (TPSA) is 58.9 Å². The van der Waals surface area contributed by atoms with Crippen molar-refractivity contribution in [2.75, 3.05) is 0 Å². The Morgan fingerprint density at radius 3 is 1.81 bits per heavy atom. The van der Waals surface area contributed by atoms with Crippen molar-refractivity contribution in [2.45, 2.75) is 62.8 Å². The third-order valence-electron chi connectivity index (χ3n) is 4.34. The molecule has 0 aliphatic heterocycles. The average Bonchev–Trinajstić information content (AvgIpc) is 2.59. The van der Waals surface area contributed by atoms with E-state index in [0.717, 1.165) is 5.56 Å². The van der Waals surface area contributed by atoms with Gasteiger partial charge in [-0.3, -0.25) is 0 Å². The van der Waals surface area contributed by atoms with Crippen molar-refractivity contribution in [1.82, 2.24) is 0 Å². The Morgan fingerprint density at radius 2 is 1.35 bits per heavy atom. The molecule has 0 saturated carbocycles. The van der Waals surface area contributed by atoms with Crippen molar-refractivity contribution in [3.8, 4) is 0 Å². The molecule has 0 aliphatic rings. The van der Waals surface area contributed by atoms with Crippen molar-refractivity contribution < 1.29 is 8.42 Å². The van der Waals surface area contributed by atoms with E-state index in [1.54, 1.807) is 31.2 Å². The minimum absolute atomic E-state index is 0.0393. The van der Waals surface area contributed by atoms with E-state index in [4.69, 9.17) is 0 Å². The van der Waals surface area contributed by atoms with Gasteiger partial charge in [0, 0.05) is 0 Å². The monoisotopic (exact) mass is 372 g/mol. The van der Waals surface area contributed by atoms with E-state index in [-0.39, 0.29) is 16.4 Å². The van der Waals surface area contributed by atoms with Crippen molar-refractivity contribution >= 4 is 9.84 Å². The third kappa shape index (κ3) is 4.04. The number of rotatable bonds is 5. The summed E-state index contributed by atoms with van der Waals surface area (Å²) in [6.45, 7) is 11.7. The number of benzene rings is 2. The molecule has 0 aliphatic carbocycles. The summed E-state index contributed by atoms with van der Waals surface area (Å²) >= 11 is 0. The van der Waals surface area contributed by atoms with Gasteiger partial charge in [0.2, 0.25) is 14.7 Å². The first kappa shape index (κ1) is 20.3. The molecule has 0 N–H and O–H groups in total. The van der Waals surface area contributed by atoms with Crippen molar-refractivity contribution in [3.63, 3.8) is 0 Å². The zero-order valence-corrected chi connectivity index (χ0v) is 17.2. The quantitative estimate of drug-likeness (QED) is 0.651. The Labute approximate surface area is 157 Å². The predicted octanol–water partition coefficient (Wildman–Crippen LogP) is 5.49. The van der Waals surface area contributed by atoms with Crippen LogP contribution in [0.4, 0.5) is 0 Å². The highest BCUT2D eigenvalue weighted by molar-refractivity contribution is 7.92. The van der Waals surface area contributed by atoms with Crippen LogP contribution in [-0.4, -0.2) is 14.5 Å². The highest BCUT2D eigenvalue weighted by Crippen LogP contribution is 2.37. The highest BCUT2D eigenvalue weighted by Gasteiger charge is 2.42. The molecule has 5 heteroatoms. The molecular weight excluding hydrogens is 344 g/mol. The summed E-state index contributed by atoms with van der Waals surface area (Å²) in [5, 5.41) is 8.45. The van der Waals surface area contributed by atoms with Crippen LogP contribution in [0.3, 0.4) is 0 Å². The Kier molecular flexibility index (Phi) is 5.71. The molecule has 4 nitrogen and oxygen atoms in total. The lowest BCUT2D eigenvalue weighted by Gasteiger charge is -2.26. The zero-order valence-electron chi connectivity index (χ0n) is 16.4. The first-order valence-electron chi connectivity index (χ1n) is 8.81. The van der Waals surface area contributed by atoms with Gasteiger partial charge in [-0.2, -0.15) is 10.2 Å². The lowest BCUT2D eigenvalue weighted by Crippen LogP contribution is -2.31. The molecule has 0 aromatic heterocycles. The molecule has 0 heterocycles. The first-order chi connectivity index (χ1) is 12.0. The number of sulfone groups is 1. The molecule has 1 unspecified atom stereocenters. The van der Waals surface area contributed by atoms with E-state index in [9.17, 15) is 8.42 Å². The molecule has 0 radical (unpaired) electrons. The van der Waals surface area contributed by atoms with Crippen LogP contribution in [0.25, 0.3) is 0 Å². The van der Waals surface area contributed by atoms with Gasteiger partial charge in [-0.05, 0) is 49.4 Å². The Morgan fingerprint density at radius 1 is 0.808 bits per heavy atom. The van der Waals surface area contributed by atoms with Gasteiger partial charge in [-0.25, -0.2) is 8.42 Å². The molecule has 2 aromatic carbocycles. The van der Waals surface area contributed by atoms with Crippen molar-refractivity contribution in [3.05, 3.63) is 65.7 Å². The third-order valence-corrected chi connectivity index (χ3v) is 6.60. The molecule has 0 amide bonds. The van der Waals surface area contributed by atoms with Crippen molar-refractivity contribution in [1.29, 1.82) is 0 Å². The molecule has 1 atom stereocenters. The number of azo groups is 1. The minimum Gasteiger partial charge on any atom is -0.221 e. The minimum atomic E-state index is -3.77. The maximum atomic E-state index is 13.5. The summed E-state index contributed by atoms with van der Waals surface area (Å²) in [4.78, 5) is -1.22. The molecule has 140 valence electrons. The summed E-state index contributed by atoms with van der Waals surface area (Å²) in [7, 11) is -3.77. The van der Waals surface area contributed by atoms with Gasteiger partial charge in [0.05, 0.1) is 10.9 Å². The lowest BCUT2D eigenvalue weighted by atomic mass is 9.87. The fourth-order valence-corrected chi connectivity index (χ4v) is 4.16. The van der Waals surface area contributed by atoms with Gasteiger partial charge in [0.25, 0.3) is 0 Å². The molecule has 0 bridgehead atoms. The Hall–Kier alpha value is -2.01. The molecule has 0 fully saturated rings. The van der Waals surface area contributed by atoms with Gasteiger partial charge in [-0.15, -0.1) is 0 Å². The maximum Gasteiger partial charge on any atom is 0.210 e. The number of hydrogen-bond acceptors (Lipinski definition) is 4. The summed E-state index contributed by atoms with van der Waals surface area (Å²) in [5.41, 5.74) is 1.65. The smallest absolute Gasteiger partial charge is 0.210 e. The highest BCUT2D eigenvalue weighted by atomic mass is 32.2. The van der Waals surface area contributed by atoms with E-state index in [1.165, 1.54) is 0 Å². The Bertz CT molecular complexity index is 864. The fourth-order valence-electron chi connectivity index (χ4n) is 2.60. The second-order valence-corrected chi connectivity index (χ2v) is 10.2. The molecular formula is C21H28N2O2S.